The zero-order chi connectivity index (χ0) is 22.6. The number of nitrogens with one attached hydrogen (secondary N) is 1. The number of hydrogen-bond acceptors (Lipinski definition) is 9. The summed E-state index contributed by atoms with van der Waals surface area (Å²) >= 11 is 0. The number of pyridine rings is 1. The molecule has 4 aromatic rings. The van der Waals surface area contributed by atoms with E-state index in [4.69, 9.17) is 9.40 Å². The topological polar surface area (TPSA) is 96.1 Å². The van der Waals surface area contributed by atoms with Crippen LogP contribution < -0.4 is 15.1 Å². The minimum Gasteiger partial charge on any atom is -0.414 e. The molecular formula is C24H26N8O. The van der Waals surface area contributed by atoms with Crippen molar-refractivity contribution in [1.82, 2.24) is 30.5 Å². The van der Waals surface area contributed by atoms with Gasteiger partial charge in [0.15, 0.2) is 11.5 Å². The highest BCUT2D eigenvalue weighted by Gasteiger charge is 2.20. The molecule has 1 aliphatic heterocycles. The molecule has 1 saturated heterocycles. The summed E-state index contributed by atoms with van der Waals surface area (Å²) in [7, 11) is 1.96. The molecule has 1 N–H and O–H groups in total. The second-order valence-corrected chi connectivity index (χ2v) is 7.86. The molecule has 5 rings (SSSR count). The van der Waals surface area contributed by atoms with Gasteiger partial charge < -0.3 is 19.5 Å². The Bertz CT molecular complexity index is 1200. The van der Waals surface area contributed by atoms with Gasteiger partial charge in [0.25, 0.3) is 5.89 Å². The molecule has 0 amide bonds. The molecule has 33 heavy (non-hydrogen) atoms. The number of hydrogen-bond donors (Lipinski definition) is 1. The Morgan fingerprint density at radius 1 is 0.939 bits per heavy atom. The third-order valence-electron chi connectivity index (χ3n) is 5.72. The predicted molar refractivity (Wildman–Crippen MR) is 128 cm³/mol. The van der Waals surface area contributed by atoms with Crippen molar-refractivity contribution < 1.29 is 4.42 Å². The van der Waals surface area contributed by atoms with Crippen molar-refractivity contribution in [3.8, 4) is 34.3 Å². The van der Waals surface area contributed by atoms with Crippen LogP contribution in [0.15, 0.2) is 59.3 Å². The van der Waals surface area contributed by atoms with Crippen LogP contribution in [0, 0.1) is 0 Å². The van der Waals surface area contributed by atoms with Gasteiger partial charge in [-0.1, -0.05) is 18.2 Å². The van der Waals surface area contributed by atoms with Crippen LogP contribution in [0.5, 0.6) is 0 Å². The number of piperazine rings is 1. The highest BCUT2D eigenvalue weighted by atomic mass is 16.4. The van der Waals surface area contributed by atoms with Crippen LogP contribution in [0.2, 0.25) is 0 Å². The quantitative estimate of drug-likeness (QED) is 0.483. The molecule has 0 atom stereocenters. The molecule has 168 valence electrons. The average Bonchev–Trinajstić information content (AvgIpc) is 3.39. The van der Waals surface area contributed by atoms with Crippen LogP contribution in [0.4, 0.5) is 11.6 Å². The molecule has 1 aliphatic rings. The Kier molecular flexibility index (Phi) is 5.95. The second-order valence-electron chi connectivity index (χ2n) is 7.86. The summed E-state index contributed by atoms with van der Waals surface area (Å²) in [5.74, 6) is 2.45. The summed E-state index contributed by atoms with van der Waals surface area (Å²) in [6.45, 7) is 6.67. The van der Waals surface area contributed by atoms with Crippen LogP contribution in [0.1, 0.15) is 6.92 Å². The van der Waals surface area contributed by atoms with E-state index >= 15 is 0 Å². The van der Waals surface area contributed by atoms with E-state index in [1.807, 2.05) is 60.6 Å². The average molecular weight is 443 g/mol. The third-order valence-corrected chi connectivity index (χ3v) is 5.72. The zero-order valence-electron chi connectivity index (χ0n) is 18.8. The van der Waals surface area contributed by atoms with E-state index in [1.54, 1.807) is 6.20 Å². The van der Waals surface area contributed by atoms with E-state index in [1.165, 1.54) is 0 Å². The summed E-state index contributed by atoms with van der Waals surface area (Å²) in [4.78, 5) is 18.5. The Labute approximate surface area is 192 Å². The summed E-state index contributed by atoms with van der Waals surface area (Å²) in [6, 6.07) is 13.8. The Hall–Kier alpha value is -3.85. The fraction of sp³-hybridized carbons (Fsp3) is 0.292. The third kappa shape index (κ3) is 4.40. The van der Waals surface area contributed by atoms with Crippen molar-refractivity contribution in [2.75, 3.05) is 49.6 Å². The Morgan fingerprint density at radius 3 is 2.45 bits per heavy atom. The molecule has 1 aromatic carbocycles. The molecule has 1 fully saturated rings. The summed E-state index contributed by atoms with van der Waals surface area (Å²) < 4.78 is 6.00. The number of aromatic nitrogens is 5. The molecule has 9 heteroatoms. The van der Waals surface area contributed by atoms with Crippen molar-refractivity contribution in [2.45, 2.75) is 6.92 Å². The Morgan fingerprint density at radius 2 is 1.73 bits per heavy atom. The molecule has 4 heterocycles. The molecule has 3 aromatic heterocycles. The van der Waals surface area contributed by atoms with Gasteiger partial charge in [-0.2, -0.15) is 0 Å². The molecule has 0 unspecified atom stereocenters. The lowest BCUT2D eigenvalue weighted by Gasteiger charge is -2.28. The van der Waals surface area contributed by atoms with Gasteiger partial charge in [0.1, 0.15) is 5.82 Å². The van der Waals surface area contributed by atoms with Gasteiger partial charge in [-0.05, 0) is 31.2 Å². The van der Waals surface area contributed by atoms with Crippen LogP contribution in [0.25, 0.3) is 34.3 Å². The summed E-state index contributed by atoms with van der Waals surface area (Å²) in [5.41, 5.74) is 3.00. The normalized spacial score (nSPS) is 13.8. The maximum Gasteiger partial charge on any atom is 0.270 e. The van der Waals surface area contributed by atoms with Gasteiger partial charge in [0.2, 0.25) is 5.89 Å². The first-order chi connectivity index (χ1) is 16.2. The van der Waals surface area contributed by atoms with Gasteiger partial charge in [-0.15, -0.1) is 10.2 Å². The van der Waals surface area contributed by atoms with Gasteiger partial charge in [-0.25, -0.2) is 15.0 Å². The molecule has 9 nitrogen and oxygen atoms in total. The first kappa shape index (κ1) is 21.0. The van der Waals surface area contributed by atoms with Crippen LogP contribution in [0.3, 0.4) is 0 Å². The number of nitrogens with zero attached hydrogens (tertiary/aromatic N) is 7. The lowest BCUT2D eigenvalue weighted by molar-refractivity contribution is 0.581. The van der Waals surface area contributed by atoms with Crippen molar-refractivity contribution in [3.05, 3.63) is 54.9 Å². The van der Waals surface area contributed by atoms with Crippen molar-refractivity contribution in [2.24, 2.45) is 0 Å². The van der Waals surface area contributed by atoms with Crippen molar-refractivity contribution in [3.63, 3.8) is 0 Å². The minimum atomic E-state index is 0.337. The SMILES string of the molecule is CCN(C)c1ncc(-c2ccc(N3CCNCC3)nc2)nc1-c1nnc(-c2ccccc2)o1. The van der Waals surface area contributed by atoms with E-state index in [-0.39, 0.29) is 0 Å². The molecular weight excluding hydrogens is 416 g/mol. The maximum absolute atomic E-state index is 6.00. The molecule has 0 bridgehead atoms. The highest BCUT2D eigenvalue weighted by molar-refractivity contribution is 5.71. The largest absolute Gasteiger partial charge is 0.414 e. The summed E-state index contributed by atoms with van der Waals surface area (Å²) in [5, 5.41) is 11.9. The van der Waals surface area contributed by atoms with Gasteiger partial charge in [0.05, 0.1) is 11.9 Å². The molecule has 0 saturated carbocycles. The monoisotopic (exact) mass is 442 g/mol. The van der Waals surface area contributed by atoms with Gasteiger partial charge in [0, 0.05) is 57.1 Å². The summed E-state index contributed by atoms with van der Waals surface area (Å²) in [6.07, 6.45) is 3.61. The number of anilines is 2. The lowest BCUT2D eigenvalue weighted by atomic mass is 10.2. The fourth-order valence-corrected chi connectivity index (χ4v) is 3.73. The molecule has 0 aliphatic carbocycles. The molecule has 0 spiro atoms. The highest BCUT2D eigenvalue weighted by Crippen LogP contribution is 2.30. The van der Waals surface area contributed by atoms with Crippen LogP contribution >= 0.6 is 0 Å². The van der Waals surface area contributed by atoms with E-state index < -0.39 is 0 Å². The Balaban J connectivity index is 1.49. The van der Waals surface area contributed by atoms with Crippen LogP contribution in [-0.4, -0.2) is 64.9 Å². The maximum atomic E-state index is 6.00. The van der Waals surface area contributed by atoms with E-state index in [0.29, 0.717) is 29.0 Å². The molecule has 0 radical (unpaired) electrons. The van der Waals surface area contributed by atoms with Gasteiger partial charge in [-0.3, -0.25) is 0 Å². The van der Waals surface area contributed by atoms with Crippen molar-refractivity contribution >= 4 is 11.6 Å². The van der Waals surface area contributed by atoms with Gasteiger partial charge >= 0.3 is 0 Å². The van der Waals surface area contributed by atoms with E-state index in [2.05, 4.69) is 37.3 Å². The van der Waals surface area contributed by atoms with E-state index in [9.17, 15) is 0 Å². The standard InChI is InChI=1S/C24H26N8O/c1-3-31(2)22-21(24-30-29-23(33-24)17-7-5-4-6-8-17)28-19(16-27-22)18-9-10-20(26-15-18)32-13-11-25-12-14-32/h4-10,15-16,25H,3,11-14H2,1-2H3. The first-order valence-corrected chi connectivity index (χ1v) is 11.1. The number of rotatable bonds is 6. The first-order valence-electron chi connectivity index (χ1n) is 11.1. The smallest absolute Gasteiger partial charge is 0.270 e. The zero-order valence-corrected chi connectivity index (χ0v) is 18.8. The van der Waals surface area contributed by atoms with Crippen molar-refractivity contribution in [1.29, 1.82) is 0 Å². The second kappa shape index (κ2) is 9.33. The minimum absolute atomic E-state index is 0.337. The lowest BCUT2D eigenvalue weighted by Crippen LogP contribution is -2.43. The van der Waals surface area contributed by atoms with Crippen LogP contribution in [-0.2, 0) is 0 Å². The fourth-order valence-electron chi connectivity index (χ4n) is 3.73. The van der Waals surface area contributed by atoms with E-state index in [0.717, 1.165) is 49.7 Å². The predicted octanol–water partition coefficient (Wildman–Crippen LogP) is 3.12. The number of benzene rings is 1.